The number of pyridine rings is 1. The summed E-state index contributed by atoms with van der Waals surface area (Å²) in [7, 11) is 0. The third kappa shape index (κ3) is 2.67. The quantitative estimate of drug-likeness (QED) is 0.664. The van der Waals surface area contributed by atoms with Crippen molar-refractivity contribution in [2.75, 3.05) is 11.9 Å². The maximum absolute atomic E-state index is 10.9. The Morgan fingerprint density at radius 3 is 2.63 bits per heavy atom. The highest BCUT2D eigenvalue weighted by atomic mass is 16.6. The Hall–Kier alpha value is -2.51. The molecule has 0 atom stereocenters. The van der Waals surface area contributed by atoms with Gasteiger partial charge < -0.3 is 5.32 Å². The van der Waals surface area contributed by atoms with Crippen LogP contribution in [0.1, 0.15) is 18.6 Å². The lowest BCUT2D eigenvalue weighted by Crippen LogP contribution is -2.07. The first-order valence-corrected chi connectivity index (χ1v) is 5.82. The largest absolute Gasteiger partial charge is 0.370 e. The van der Waals surface area contributed by atoms with E-state index in [1.165, 1.54) is 16.8 Å². The Bertz CT molecular complexity index is 622. The first-order chi connectivity index (χ1) is 9.01. The molecule has 0 aliphatic carbocycles. The normalized spacial score (nSPS) is 10.5. The number of aromatic nitrogens is 4. The summed E-state index contributed by atoms with van der Waals surface area (Å²) in [6, 6.07) is 2.77. The van der Waals surface area contributed by atoms with Crippen LogP contribution >= 0.6 is 0 Å². The fraction of sp³-hybridized carbons (Fsp3) is 0.364. The second-order valence-electron chi connectivity index (χ2n) is 3.97. The summed E-state index contributed by atoms with van der Waals surface area (Å²) >= 11 is 0. The van der Waals surface area contributed by atoms with Crippen LogP contribution < -0.4 is 5.32 Å². The van der Waals surface area contributed by atoms with E-state index >= 15 is 0 Å². The predicted molar refractivity (Wildman–Crippen MR) is 69.4 cm³/mol. The first kappa shape index (κ1) is 12.9. The van der Waals surface area contributed by atoms with Crippen LogP contribution in [0, 0.1) is 24.0 Å². The molecule has 0 saturated carbocycles. The van der Waals surface area contributed by atoms with Gasteiger partial charge in [0.15, 0.2) is 5.82 Å². The molecule has 0 bridgehead atoms. The molecule has 0 aromatic carbocycles. The van der Waals surface area contributed by atoms with Gasteiger partial charge in [0.1, 0.15) is 17.5 Å². The van der Waals surface area contributed by atoms with Gasteiger partial charge in [-0.15, -0.1) is 5.10 Å². The molecule has 2 aromatic rings. The van der Waals surface area contributed by atoms with E-state index in [1.54, 1.807) is 13.8 Å². The molecular formula is C11H14N6O2. The Balaban J connectivity index is 2.55. The molecule has 8 heteroatoms. The summed E-state index contributed by atoms with van der Waals surface area (Å²) in [6.45, 7) is 6.05. The van der Waals surface area contributed by atoms with E-state index < -0.39 is 4.92 Å². The Morgan fingerprint density at radius 1 is 1.37 bits per heavy atom. The zero-order chi connectivity index (χ0) is 14.0. The molecule has 0 spiro atoms. The molecule has 19 heavy (non-hydrogen) atoms. The van der Waals surface area contributed by atoms with E-state index in [-0.39, 0.29) is 5.69 Å². The van der Waals surface area contributed by atoms with Crippen molar-refractivity contribution in [2.45, 2.75) is 20.8 Å². The third-order valence-electron chi connectivity index (χ3n) is 2.46. The number of rotatable bonds is 4. The average Bonchev–Trinajstić information content (AvgIpc) is 2.68. The van der Waals surface area contributed by atoms with E-state index in [2.05, 4.69) is 20.4 Å². The molecule has 2 aromatic heterocycles. The van der Waals surface area contributed by atoms with Gasteiger partial charge in [0, 0.05) is 6.54 Å². The highest BCUT2D eigenvalue weighted by Gasteiger charge is 2.14. The van der Waals surface area contributed by atoms with Gasteiger partial charge in [0.25, 0.3) is 5.69 Å². The fourth-order valence-corrected chi connectivity index (χ4v) is 1.73. The van der Waals surface area contributed by atoms with E-state index in [4.69, 9.17) is 0 Å². The topological polar surface area (TPSA) is 98.8 Å². The first-order valence-electron chi connectivity index (χ1n) is 5.82. The van der Waals surface area contributed by atoms with Crippen molar-refractivity contribution in [3.63, 3.8) is 0 Å². The second-order valence-corrected chi connectivity index (χ2v) is 3.97. The van der Waals surface area contributed by atoms with E-state index in [9.17, 15) is 10.1 Å². The minimum Gasteiger partial charge on any atom is -0.370 e. The molecule has 8 nitrogen and oxygen atoms in total. The van der Waals surface area contributed by atoms with Crippen molar-refractivity contribution >= 4 is 11.5 Å². The highest BCUT2D eigenvalue weighted by molar-refractivity contribution is 5.50. The lowest BCUT2D eigenvalue weighted by atomic mass is 10.3. The summed E-state index contributed by atoms with van der Waals surface area (Å²) in [4.78, 5) is 18.9. The number of nitrogens with one attached hydrogen (secondary N) is 1. The van der Waals surface area contributed by atoms with Crippen molar-refractivity contribution in [3.05, 3.63) is 33.9 Å². The monoisotopic (exact) mass is 262 g/mol. The summed E-state index contributed by atoms with van der Waals surface area (Å²) < 4.78 is 1.49. The zero-order valence-corrected chi connectivity index (χ0v) is 10.9. The molecule has 0 saturated heterocycles. The number of nitrogens with zero attached hydrogens (tertiary/aromatic N) is 5. The Morgan fingerprint density at radius 2 is 2.11 bits per heavy atom. The molecule has 2 heterocycles. The lowest BCUT2D eigenvalue weighted by molar-refractivity contribution is -0.384. The third-order valence-corrected chi connectivity index (χ3v) is 2.46. The van der Waals surface area contributed by atoms with Crippen molar-refractivity contribution in [2.24, 2.45) is 0 Å². The van der Waals surface area contributed by atoms with Crippen LogP contribution in [0.5, 0.6) is 0 Å². The van der Waals surface area contributed by atoms with Crippen LogP contribution in [0.2, 0.25) is 0 Å². The van der Waals surface area contributed by atoms with Crippen molar-refractivity contribution in [3.8, 4) is 5.82 Å². The van der Waals surface area contributed by atoms with Gasteiger partial charge in [-0.3, -0.25) is 10.1 Å². The molecular weight excluding hydrogens is 248 g/mol. The molecule has 0 aliphatic heterocycles. The molecule has 2 rings (SSSR count). The van der Waals surface area contributed by atoms with Crippen molar-refractivity contribution in [1.82, 2.24) is 19.7 Å². The second kappa shape index (κ2) is 5.01. The maximum Gasteiger partial charge on any atom is 0.276 e. The van der Waals surface area contributed by atoms with Crippen LogP contribution in [0.15, 0.2) is 12.1 Å². The number of nitro groups is 1. The summed E-state index contributed by atoms with van der Waals surface area (Å²) in [5.41, 5.74) is -0.0338. The van der Waals surface area contributed by atoms with Gasteiger partial charge in [-0.05, 0) is 20.8 Å². The summed E-state index contributed by atoms with van der Waals surface area (Å²) in [6.07, 6.45) is 0. The highest BCUT2D eigenvalue weighted by Crippen LogP contribution is 2.20. The molecule has 0 amide bonds. The predicted octanol–water partition coefficient (Wildman–Crippen LogP) is 1.62. The number of hydrogen-bond acceptors (Lipinski definition) is 6. The van der Waals surface area contributed by atoms with Gasteiger partial charge in [-0.2, -0.15) is 4.68 Å². The molecule has 0 fully saturated rings. The molecule has 0 unspecified atom stereocenters. The van der Waals surface area contributed by atoms with Gasteiger partial charge in [0.05, 0.1) is 17.1 Å². The average molecular weight is 262 g/mol. The van der Waals surface area contributed by atoms with Gasteiger partial charge in [-0.25, -0.2) is 9.97 Å². The van der Waals surface area contributed by atoms with Crippen LogP contribution in [0.25, 0.3) is 5.82 Å². The summed E-state index contributed by atoms with van der Waals surface area (Å²) in [5.74, 6) is 2.05. The van der Waals surface area contributed by atoms with Gasteiger partial charge in [-0.1, -0.05) is 0 Å². The van der Waals surface area contributed by atoms with E-state index in [1.807, 2.05) is 6.92 Å². The molecule has 0 radical (unpaired) electrons. The zero-order valence-electron chi connectivity index (χ0n) is 10.9. The standard InChI is InChI=1S/C11H14N6O2/c1-4-12-10-5-9(17(18)19)6-11(14-10)16-8(3)13-7(2)15-16/h5-6H,4H2,1-3H3,(H,12,14). The van der Waals surface area contributed by atoms with Crippen molar-refractivity contribution < 1.29 is 4.92 Å². The fourth-order valence-electron chi connectivity index (χ4n) is 1.73. The smallest absolute Gasteiger partial charge is 0.276 e. The van der Waals surface area contributed by atoms with E-state index in [0.717, 1.165) is 0 Å². The molecule has 100 valence electrons. The number of aryl methyl sites for hydroxylation is 2. The number of hydrogen-bond donors (Lipinski definition) is 1. The lowest BCUT2D eigenvalue weighted by Gasteiger charge is -2.06. The minimum absolute atomic E-state index is 0.0338. The minimum atomic E-state index is -0.453. The van der Waals surface area contributed by atoms with E-state index in [0.29, 0.717) is 29.8 Å². The van der Waals surface area contributed by atoms with Crippen LogP contribution in [0.3, 0.4) is 0 Å². The van der Waals surface area contributed by atoms with Crippen LogP contribution in [-0.4, -0.2) is 31.2 Å². The SMILES string of the molecule is CCNc1cc([N+](=O)[O-])cc(-n2nc(C)nc2C)n1. The van der Waals surface area contributed by atoms with Gasteiger partial charge >= 0.3 is 0 Å². The number of anilines is 1. The Kier molecular flexibility index (Phi) is 3.41. The van der Waals surface area contributed by atoms with Crippen LogP contribution in [-0.2, 0) is 0 Å². The van der Waals surface area contributed by atoms with Gasteiger partial charge in [0.2, 0.25) is 0 Å². The molecule has 0 aliphatic rings. The van der Waals surface area contributed by atoms with Crippen LogP contribution in [0.4, 0.5) is 11.5 Å². The Labute approximate surface area is 109 Å². The molecule has 1 N–H and O–H groups in total. The summed E-state index contributed by atoms with van der Waals surface area (Å²) in [5, 5.41) is 18.1. The van der Waals surface area contributed by atoms with Crippen molar-refractivity contribution in [1.29, 1.82) is 0 Å². The maximum atomic E-state index is 10.9.